The highest BCUT2D eigenvalue weighted by Gasteiger charge is 2.39. The summed E-state index contributed by atoms with van der Waals surface area (Å²) in [5.41, 5.74) is -1.01. The molecule has 0 radical (unpaired) electrons. The summed E-state index contributed by atoms with van der Waals surface area (Å²) in [5.74, 6) is -1.60. The summed E-state index contributed by atoms with van der Waals surface area (Å²) in [4.78, 5) is 11.4. The number of carbonyl (C=O) groups excluding carboxylic acids is 1. The van der Waals surface area contributed by atoms with Crippen molar-refractivity contribution in [3.63, 3.8) is 0 Å². The quantitative estimate of drug-likeness (QED) is 0.744. The van der Waals surface area contributed by atoms with Gasteiger partial charge in [0.2, 0.25) is 5.24 Å². The number of halogens is 3. The van der Waals surface area contributed by atoms with Gasteiger partial charge < -0.3 is 0 Å². The van der Waals surface area contributed by atoms with E-state index in [9.17, 15) is 13.6 Å². The van der Waals surface area contributed by atoms with Gasteiger partial charge in [-0.2, -0.15) is 0 Å². The molecule has 1 unspecified atom stereocenters. The minimum atomic E-state index is -1.14. The maximum Gasteiger partial charge on any atom is 0.232 e. The fraction of sp³-hybridized carbons (Fsp3) is 0.417. The molecule has 0 aliphatic carbocycles. The Morgan fingerprint density at radius 1 is 1.38 bits per heavy atom. The lowest BCUT2D eigenvalue weighted by Crippen LogP contribution is -2.36. The molecule has 0 aliphatic rings. The van der Waals surface area contributed by atoms with Crippen molar-refractivity contribution in [2.75, 3.05) is 0 Å². The summed E-state index contributed by atoms with van der Waals surface area (Å²) in [5, 5.41) is -0.645. The van der Waals surface area contributed by atoms with Gasteiger partial charge in [-0.25, -0.2) is 8.78 Å². The Kier molecular flexibility index (Phi) is 3.68. The van der Waals surface area contributed by atoms with Crippen LogP contribution < -0.4 is 0 Å². The van der Waals surface area contributed by atoms with E-state index in [4.69, 9.17) is 11.6 Å². The predicted molar refractivity (Wildman–Crippen MR) is 59.4 cm³/mol. The summed E-state index contributed by atoms with van der Waals surface area (Å²) >= 11 is 5.53. The summed E-state index contributed by atoms with van der Waals surface area (Å²) in [7, 11) is 0. The Balaban J connectivity index is 3.38. The van der Waals surface area contributed by atoms with Crippen molar-refractivity contribution in [1.29, 1.82) is 0 Å². The minimum absolute atomic E-state index is 0.129. The lowest BCUT2D eigenvalue weighted by molar-refractivity contribution is -0.117. The number of hydrogen-bond acceptors (Lipinski definition) is 1. The molecule has 0 saturated carbocycles. The van der Waals surface area contributed by atoms with Gasteiger partial charge in [0, 0.05) is 11.6 Å². The van der Waals surface area contributed by atoms with Crippen LogP contribution in [0.15, 0.2) is 18.2 Å². The highest BCUT2D eigenvalue weighted by Crippen LogP contribution is 2.36. The molecule has 1 atom stereocenters. The van der Waals surface area contributed by atoms with Crippen molar-refractivity contribution in [2.24, 2.45) is 5.92 Å². The predicted octanol–water partition coefficient (Wildman–Crippen LogP) is 3.64. The third-order valence-corrected chi connectivity index (χ3v) is 3.45. The third kappa shape index (κ3) is 2.09. The Morgan fingerprint density at radius 3 is 2.31 bits per heavy atom. The van der Waals surface area contributed by atoms with Crippen LogP contribution >= 0.6 is 11.6 Å². The molecule has 0 bridgehead atoms. The second-order valence-electron chi connectivity index (χ2n) is 4.25. The minimum Gasteiger partial charge on any atom is -0.280 e. The van der Waals surface area contributed by atoms with E-state index in [-0.39, 0.29) is 11.5 Å². The van der Waals surface area contributed by atoms with Crippen LogP contribution in [0.2, 0.25) is 0 Å². The molecule has 0 amide bonds. The first-order chi connectivity index (χ1) is 7.30. The second-order valence-corrected chi connectivity index (χ2v) is 4.60. The van der Waals surface area contributed by atoms with E-state index in [1.807, 2.05) is 0 Å². The van der Waals surface area contributed by atoms with Crippen molar-refractivity contribution in [2.45, 2.75) is 26.2 Å². The van der Waals surface area contributed by atoms with Crippen LogP contribution in [-0.4, -0.2) is 5.24 Å². The lowest BCUT2D eigenvalue weighted by atomic mass is 9.74. The molecular formula is C12H13ClF2O. The fourth-order valence-electron chi connectivity index (χ4n) is 1.55. The molecule has 0 saturated heterocycles. The molecule has 0 N–H and O–H groups in total. The maximum atomic E-state index is 13.6. The summed E-state index contributed by atoms with van der Waals surface area (Å²) in [6.45, 7) is 5.09. The van der Waals surface area contributed by atoms with Crippen molar-refractivity contribution in [3.8, 4) is 0 Å². The molecule has 4 heteroatoms. The molecule has 0 spiro atoms. The average Bonchev–Trinajstić information content (AvgIpc) is 2.15. The first-order valence-electron chi connectivity index (χ1n) is 4.95. The molecule has 0 aromatic heterocycles. The lowest BCUT2D eigenvalue weighted by Gasteiger charge is -2.30. The number of carbonyl (C=O) groups is 1. The van der Waals surface area contributed by atoms with E-state index in [0.29, 0.717) is 0 Å². The standard InChI is InChI=1S/C12H13ClF2O/c1-7(2)12(3,11(13)16)9-5-4-8(14)6-10(9)15/h4-7H,1-3H3. The normalized spacial score (nSPS) is 14.9. The Bertz CT molecular complexity index is 417. The highest BCUT2D eigenvalue weighted by molar-refractivity contribution is 6.65. The van der Waals surface area contributed by atoms with Gasteiger partial charge >= 0.3 is 0 Å². The molecule has 0 aliphatic heterocycles. The molecule has 0 heterocycles. The van der Waals surface area contributed by atoms with E-state index in [2.05, 4.69) is 0 Å². The first-order valence-corrected chi connectivity index (χ1v) is 5.33. The zero-order chi connectivity index (χ0) is 12.5. The molecule has 1 aromatic rings. The second kappa shape index (κ2) is 4.50. The van der Waals surface area contributed by atoms with Crippen molar-refractivity contribution >= 4 is 16.8 Å². The first kappa shape index (κ1) is 13.1. The molecule has 1 rings (SSSR count). The van der Waals surface area contributed by atoms with Gasteiger partial charge in [0.05, 0.1) is 5.41 Å². The largest absolute Gasteiger partial charge is 0.280 e. The van der Waals surface area contributed by atoms with Gasteiger partial charge in [0.25, 0.3) is 0 Å². The van der Waals surface area contributed by atoms with E-state index >= 15 is 0 Å². The molecule has 0 fully saturated rings. The molecule has 1 aromatic carbocycles. The Morgan fingerprint density at radius 2 is 1.94 bits per heavy atom. The molecule has 16 heavy (non-hydrogen) atoms. The maximum absolute atomic E-state index is 13.6. The zero-order valence-corrected chi connectivity index (χ0v) is 10.1. The van der Waals surface area contributed by atoms with Crippen LogP contribution in [0.3, 0.4) is 0 Å². The summed E-state index contributed by atoms with van der Waals surface area (Å²) in [6.07, 6.45) is 0. The molecule has 1 nitrogen and oxygen atoms in total. The number of hydrogen-bond donors (Lipinski definition) is 0. The SMILES string of the molecule is CC(C)C(C)(C(=O)Cl)c1ccc(F)cc1F. The van der Waals surface area contributed by atoms with E-state index in [0.717, 1.165) is 12.1 Å². The van der Waals surface area contributed by atoms with Gasteiger partial charge in [-0.15, -0.1) is 0 Å². The Hall–Kier alpha value is -0.960. The summed E-state index contributed by atoms with van der Waals surface area (Å²) in [6, 6.07) is 3.15. The monoisotopic (exact) mass is 246 g/mol. The van der Waals surface area contributed by atoms with E-state index in [1.54, 1.807) is 20.8 Å². The third-order valence-electron chi connectivity index (χ3n) is 3.05. The molecular weight excluding hydrogens is 234 g/mol. The van der Waals surface area contributed by atoms with Gasteiger partial charge in [0.15, 0.2) is 0 Å². The van der Waals surface area contributed by atoms with E-state index < -0.39 is 22.3 Å². The van der Waals surface area contributed by atoms with Crippen molar-refractivity contribution in [1.82, 2.24) is 0 Å². The van der Waals surface area contributed by atoms with Gasteiger partial charge in [-0.1, -0.05) is 19.9 Å². The van der Waals surface area contributed by atoms with Crippen LogP contribution in [0.4, 0.5) is 8.78 Å². The van der Waals surface area contributed by atoms with Gasteiger partial charge in [-0.05, 0) is 30.5 Å². The number of rotatable bonds is 3. The summed E-state index contributed by atoms with van der Waals surface area (Å²) < 4.78 is 26.4. The van der Waals surface area contributed by atoms with Gasteiger partial charge in [0.1, 0.15) is 11.6 Å². The van der Waals surface area contributed by atoms with Crippen LogP contribution in [0.5, 0.6) is 0 Å². The average molecular weight is 247 g/mol. The fourth-order valence-corrected chi connectivity index (χ4v) is 1.87. The van der Waals surface area contributed by atoms with Gasteiger partial charge in [-0.3, -0.25) is 4.79 Å². The van der Waals surface area contributed by atoms with Crippen LogP contribution in [0, 0.1) is 17.6 Å². The molecule has 88 valence electrons. The topological polar surface area (TPSA) is 17.1 Å². The Labute approximate surface area is 98.4 Å². The number of benzene rings is 1. The zero-order valence-electron chi connectivity index (χ0n) is 9.35. The van der Waals surface area contributed by atoms with Crippen LogP contribution in [-0.2, 0) is 10.2 Å². The van der Waals surface area contributed by atoms with Crippen LogP contribution in [0.25, 0.3) is 0 Å². The van der Waals surface area contributed by atoms with E-state index in [1.165, 1.54) is 6.07 Å². The highest BCUT2D eigenvalue weighted by atomic mass is 35.5. The van der Waals surface area contributed by atoms with Crippen molar-refractivity contribution < 1.29 is 13.6 Å². The smallest absolute Gasteiger partial charge is 0.232 e. The van der Waals surface area contributed by atoms with Crippen molar-refractivity contribution in [3.05, 3.63) is 35.4 Å². The van der Waals surface area contributed by atoms with Crippen LogP contribution in [0.1, 0.15) is 26.3 Å².